The first-order valence-corrected chi connectivity index (χ1v) is 18.8. The van der Waals surface area contributed by atoms with Crippen LogP contribution >= 0.6 is 80.6 Å². The average molecular weight is 940 g/mol. The van der Waals surface area contributed by atoms with Crippen LogP contribution in [0.15, 0.2) is 63.4 Å². The molecule has 56 heavy (non-hydrogen) atoms. The molecule has 3 heterocycles. The van der Waals surface area contributed by atoms with Gasteiger partial charge in [0.2, 0.25) is 9.23 Å². The van der Waals surface area contributed by atoms with Crippen molar-refractivity contribution in [2.24, 2.45) is 0 Å². The van der Waals surface area contributed by atoms with E-state index in [4.69, 9.17) is 106 Å². The fourth-order valence-electron chi connectivity index (χ4n) is 3.22. The van der Waals surface area contributed by atoms with E-state index >= 15 is 0 Å². The summed E-state index contributed by atoms with van der Waals surface area (Å²) in [5, 5.41) is 9.17. The van der Waals surface area contributed by atoms with Crippen LogP contribution in [0.2, 0.25) is 5.35 Å². The third-order valence-corrected chi connectivity index (χ3v) is 5.45. The molecule has 0 bridgehead atoms. The van der Waals surface area contributed by atoms with Crippen molar-refractivity contribution < 1.29 is 57.4 Å². The Morgan fingerprint density at radius 3 is 1.68 bits per heavy atom. The number of halogens is 6. The van der Waals surface area contributed by atoms with E-state index in [9.17, 15) is 4.39 Å². The molecule has 2 aromatic heterocycles. The molecule has 3 radical (unpaired) electrons. The van der Waals surface area contributed by atoms with Gasteiger partial charge >= 0.3 is 18.5 Å². The molecule has 0 saturated carbocycles. The molecule has 1 aliphatic heterocycles. The Morgan fingerprint density at radius 1 is 0.893 bits per heavy atom. The Balaban J connectivity index is -0.000000185. The highest BCUT2D eigenvalue weighted by Gasteiger charge is 2.01. The smallest absolute Gasteiger partial charge is 0.373 e. The van der Waals surface area contributed by atoms with Gasteiger partial charge in [0.1, 0.15) is 11.3 Å². The largest absolute Gasteiger partial charge is 0.506 e. The van der Waals surface area contributed by atoms with Gasteiger partial charge in [-0.15, -0.1) is 0 Å². The molecule has 0 unspecified atom stereocenters. The van der Waals surface area contributed by atoms with Gasteiger partial charge in [-0.25, -0.2) is 4.21 Å². The molecule has 14 nitrogen and oxygen atoms in total. The number of phenols is 1. The SMILES string of the molecule is C1CCOC1.Cc1ccc(N)c(O)c1.Cc1ccc2[nH]c(=S)oc2c1.Cc1ccc2nc(Cl)oc2c1.O=C=O.O=C=O.O=C=O.O=S(Cl)Cl.S=C(Cl)Cl.[2H]CF.[B]. The maximum Gasteiger partial charge on any atom is 0.373 e. The monoisotopic (exact) mass is 937 g/mol. The van der Waals surface area contributed by atoms with Gasteiger partial charge in [-0.2, -0.15) is 33.8 Å². The summed E-state index contributed by atoms with van der Waals surface area (Å²) >= 11 is 24.0. The molecule has 4 N–H and O–H groups in total. The zero-order chi connectivity index (χ0) is 44.1. The summed E-state index contributed by atoms with van der Waals surface area (Å²) in [6.45, 7) is 7.92. The lowest BCUT2D eigenvalue weighted by Crippen LogP contribution is -1.84. The van der Waals surface area contributed by atoms with Crippen LogP contribution in [0.3, 0.4) is 0 Å². The van der Waals surface area contributed by atoms with Crippen LogP contribution in [-0.2, 0) is 42.7 Å². The Kier molecular flexibility index (Phi) is 43.0. The Hall–Kier alpha value is -3.80. The van der Waals surface area contributed by atoms with Gasteiger partial charge in [-0.1, -0.05) is 53.6 Å². The van der Waals surface area contributed by atoms with Crippen LogP contribution in [0, 0.1) is 25.6 Å². The van der Waals surface area contributed by atoms with Crippen molar-refractivity contribution in [3.63, 3.8) is 0 Å². The van der Waals surface area contributed by atoms with Gasteiger partial charge in [0, 0.05) is 43.0 Å². The lowest BCUT2D eigenvalue weighted by molar-refractivity contribution is -0.193. The zero-order valence-electron chi connectivity index (χ0n) is 30.4. The van der Waals surface area contributed by atoms with Crippen molar-refractivity contribution in [2.45, 2.75) is 33.6 Å². The number of ether oxygens (including phenoxy) is 1. The molecule has 3 aromatic carbocycles. The maximum absolute atomic E-state index is 9.96. The predicted octanol–water partition coefficient (Wildman–Crippen LogP) is 8.91. The molecule has 0 amide bonds. The van der Waals surface area contributed by atoms with Crippen LogP contribution in [0.5, 0.6) is 5.75 Å². The highest BCUT2D eigenvalue weighted by atomic mass is 36.0. The second-order valence-corrected chi connectivity index (χ2v) is 14.0. The van der Waals surface area contributed by atoms with Crippen LogP contribution < -0.4 is 5.73 Å². The quantitative estimate of drug-likeness (QED) is 0.0433. The number of phenolic OH excluding ortho intramolecular Hbond substituents is 1. The lowest BCUT2D eigenvalue weighted by Gasteiger charge is -1.97. The highest BCUT2D eigenvalue weighted by molar-refractivity contribution is 8.26. The first kappa shape index (κ1) is 58.9. The number of oxazole rings is 2. The van der Waals surface area contributed by atoms with Crippen molar-refractivity contribution >= 4 is 148 Å². The van der Waals surface area contributed by atoms with Crippen molar-refractivity contribution in [1.82, 2.24) is 9.97 Å². The van der Waals surface area contributed by atoms with Gasteiger partial charge in [0.05, 0.1) is 19.7 Å². The van der Waals surface area contributed by atoms with Gasteiger partial charge < -0.3 is 29.4 Å². The minimum atomic E-state index is -1.67. The summed E-state index contributed by atoms with van der Waals surface area (Å²) in [7, 11) is 6.36. The van der Waals surface area contributed by atoms with Gasteiger partial charge in [0.15, 0.2) is 14.9 Å². The number of hydrogen-bond donors (Lipinski definition) is 3. The van der Waals surface area contributed by atoms with Crippen molar-refractivity contribution in [3.05, 3.63) is 81.5 Å². The van der Waals surface area contributed by atoms with Crippen molar-refractivity contribution in [2.75, 3.05) is 26.1 Å². The molecule has 1 aliphatic rings. The minimum absolute atomic E-state index is 0. The molecule has 0 atom stereocenters. The van der Waals surface area contributed by atoms with E-state index in [1.807, 2.05) is 63.2 Å². The van der Waals surface area contributed by atoms with Crippen LogP contribution in [-0.4, -0.2) is 70.3 Å². The van der Waals surface area contributed by atoms with Gasteiger partial charge in [-0.3, -0.25) is 4.39 Å². The third kappa shape index (κ3) is 38.5. The van der Waals surface area contributed by atoms with Crippen molar-refractivity contribution in [1.29, 1.82) is 0 Å². The normalized spacial score (nSPS) is 9.71. The number of benzene rings is 3. The number of carbonyl (C=O) groups excluding carboxylic acids is 6. The number of rotatable bonds is 0. The second-order valence-electron chi connectivity index (χ2n) is 8.99. The first-order chi connectivity index (χ1) is 26.3. The number of fused-ring (bicyclic) bond motifs is 2. The molecule has 305 valence electrons. The van der Waals surface area contributed by atoms with E-state index in [1.54, 1.807) is 12.1 Å². The molecule has 5 aromatic rings. The number of hydrogen-bond acceptors (Lipinski definition) is 15. The number of aromatic nitrogens is 2. The number of nitrogen functional groups attached to an aromatic ring is 1. The molecular weight excluding hydrogens is 906 g/mol. The van der Waals surface area contributed by atoms with E-state index < -0.39 is 16.4 Å². The topological polar surface area (TPSA) is 230 Å². The number of nitrogens with zero attached hydrogens (tertiary/aromatic N) is 1. The molecule has 1 fully saturated rings. The average Bonchev–Trinajstić information content (AvgIpc) is 3.86. The van der Waals surface area contributed by atoms with Gasteiger partial charge in [0.25, 0.3) is 10.2 Å². The summed E-state index contributed by atoms with van der Waals surface area (Å²) in [6.07, 6.45) is 3.31. The summed E-state index contributed by atoms with van der Waals surface area (Å²) in [4.78, 5) is 56.1. The number of anilines is 1. The Morgan fingerprint density at radius 2 is 1.29 bits per heavy atom. The summed E-state index contributed by atoms with van der Waals surface area (Å²) in [5.74, 6) is 0.162. The number of aryl methyl sites for hydroxylation is 3. The van der Waals surface area contributed by atoms with Crippen LogP contribution in [0.1, 0.15) is 30.9 Å². The molecular formula is C32H33BCl5FN3O11S3. The molecule has 0 spiro atoms. The fourth-order valence-corrected chi connectivity index (χ4v) is 3.59. The first-order valence-electron chi connectivity index (χ1n) is 14.7. The number of nitrogens with two attached hydrogens (primary N) is 1. The molecule has 1 saturated heterocycles. The number of alkyl halides is 1. The summed E-state index contributed by atoms with van der Waals surface area (Å²) < 4.78 is 39.8. The number of nitrogens with one attached hydrogen (secondary N) is 1. The van der Waals surface area contributed by atoms with Gasteiger partial charge in [-0.05, 0) is 111 Å². The Labute approximate surface area is 360 Å². The minimum Gasteiger partial charge on any atom is -0.506 e. The van der Waals surface area contributed by atoms with Crippen LogP contribution in [0.25, 0.3) is 22.2 Å². The van der Waals surface area contributed by atoms with E-state index in [0.29, 0.717) is 10.5 Å². The number of aromatic amines is 1. The number of aromatic hydroxyl groups is 1. The highest BCUT2D eigenvalue weighted by Crippen LogP contribution is 2.20. The van der Waals surface area contributed by atoms with E-state index in [2.05, 4.69) is 43.6 Å². The predicted molar refractivity (Wildman–Crippen MR) is 219 cm³/mol. The molecule has 0 aliphatic carbocycles. The van der Waals surface area contributed by atoms with E-state index in [1.165, 1.54) is 18.4 Å². The summed E-state index contributed by atoms with van der Waals surface area (Å²) in [5.41, 5.74) is 12.4. The fraction of sp³-hybridized carbons (Fsp3) is 0.250. The molecule has 24 heteroatoms. The van der Waals surface area contributed by atoms with Crippen molar-refractivity contribution in [3.8, 4) is 5.75 Å². The third-order valence-electron chi connectivity index (χ3n) is 5.11. The standard InChI is InChI=1S/C8H6ClNO.C8H7NOS.C7H9NO.C4H8O.CCl2S.CH3F.3CO2.B.Cl2OS/c1-5-2-3-6-7(4-5)11-8(9)10-6;1-5-2-3-6-7(4-5)10-8(11)9-6;1-5-2-3-6(8)7(9)4-5;1-2-4-5-3-1;2-1(3)4;1-2;3*2-1-3;;1-4(2)3/h2-4H,1H3;2-4H,1H3,(H,9,11);2-4,9H,8H2,1H3;1-4H2;;1H3;;;;;/i;;;;;1D;;;;;. The van der Waals surface area contributed by atoms with E-state index in [-0.39, 0.29) is 41.7 Å². The Bertz CT molecular complexity index is 1970. The number of H-pyrrole nitrogens is 1. The second kappa shape index (κ2) is 40.9. The van der Waals surface area contributed by atoms with E-state index in [0.717, 1.165) is 46.5 Å². The molecule has 6 rings (SSSR count). The lowest BCUT2D eigenvalue weighted by atomic mass is 10.2. The maximum atomic E-state index is 9.96. The summed E-state index contributed by atoms with van der Waals surface area (Å²) in [6, 6.07) is 16.9. The van der Waals surface area contributed by atoms with Crippen LogP contribution in [0.4, 0.5) is 10.1 Å². The zero-order valence-corrected chi connectivity index (χ0v) is 35.6. The number of thiocarbonyl (C=S) groups is 1.